The van der Waals surface area contributed by atoms with Crippen LogP contribution in [0.15, 0.2) is 6.07 Å². The van der Waals surface area contributed by atoms with Gasteiger partial charge in [-0.2, -0.15) is 0 Å². The highest BCUT2D eigenvalue weighted by Gasteiger charge is 2.13. The van der Waals surface area contributed by atoms with Gasteiger partial charge in [0.25, 0.3) is 0 Å². The highest BCUT2D eigenvalue weighted by Crippen LogP contribution is 2.16. The van der Waals surface area contributed by atoms with E-state index in [1.54, 1.807) is 13.0 Å². The van der Waals surface area contributed by atoms with E-state index in [0.29, 0.717) is 11.4 Å². The van der Waals surface area contributed by atoms with Crippen LogP contribution in [0.5, 0.6) is 0 Å². The summed E-state index contributed by atoms with van der Waals surface area (Å²) in [5.74, 6) is 4.53. The zero-order valence-corrected chi connectivity index (χ0v) is 8.16. The van der Waals surface area contributed by atoms with Crippen LogP contribution in [0.1, 0.15) is 28.5 Å². The maximum atomic E-state index is 10.8. The molecule has 0 aliphatic heterocycles. The SMILES string of the molecule is CCc1cc(NN)nc(C(=O)O)c1C. The van der Waals surface area contributed by atoms with Gasteiger partial charge >= 0.3 is 5.97 Å². The van der Waals surface area contributed by atoms with E-state index in [9.17, 15) is 4.79 Å². The van der Waals surface area contributed by atoms with Crippen LogP contribution < -0.4 is 11.3 Å². The van der Waals surface area contributed by atoms with Gasteiger partial charge in [-0.3, -0.25) is 0 Å². The van der Waals surface area contributed by atoms with Crippen molar-refractivity contribution >= 4 is 11.8 Å². The lowest BCUT2D eigenvalue weighted by Gasteiger charge is -2.08. The molecule has 5 heteroatoms. The molecule has 0 aliphatic carbocycles. The molecule has 0 bridgehead atoms. The number of nitrogens with zero attached hydrogens (tertiary/aromatic N) is 1. The molecule has 5 nitrogen and oxygen atoms in total. The number of rotatable bonds is 3. The van der Waals surface area contributed by atoms with Gasteiger partial charge in [0.15, 0.2) is 5.69 Å². The van der Waals surface area contributed by atoms with E-state index in [-0.39, 0.29) is 5.69 Å². The second kappa shape index (κ2) is 4.06. The smallest absolute Gasteiger partial charge is 0.354 e. The van der Waals surface area contributed by atoms with Crippen molar-refractivity contribution in [1.82, 2.24) is 4.98 Å². The van der Waals surface area contributed by atoms with Gasteiger partial charge < -0.3 is 10.5 Å². The molecule has 0 saturated heterocycles. The Balaban J connectivity index is 3.34. The number of hydrazine groups is 1. The minimum atomic E-state index is -1.03. The van der Waals surface area contributed by atoms with Crippen LogP contribution in [0.4, 0.5) is 5.82 Å². The van der Waals surface area contributed by atoms with E-state index < -0.39 is 5.97 Å². The summed E-state index contributed by atoms with van der Waals surface area (Å²) in [5.41, 5.74) is 4.03. The predicted octanol–water partition coefficient (Wildman–Crippen LogP) is 0.936. The first-order chi connectivity index (χ1) is 6.60. The van der Waals surface area contributed by atoms with Crippen LogP contribution in [-0.4, -0.2) is 16.1 Å². The van der Waals surface area contributed by atoms with Crippen molar-refractivity contribution in [1.29, 1.82) is 0 Å². The lowest BCUT2D eigenvalue weighted by atomic mass is 10.1. The molecule has 1 heterocycles. The summed E-state index contributed by atoms with van der Waals surface area (Å²) in [6, 6.07) is 1.75. The number of hydrogen-bond donors (Lipinski definition) is 3. The van der Waals surface area contributed by atoms with Gasteiger partial charge in [0.05, 0.1) is 0 Å². The van der Waals surface area contributed by atoms with Gasteiger partial charge in [0, 0.05) is 0 Å². The van der Waals surface area contributed by atoms with E-state index in [4.69, 9.17) is 10.9 Å². The number of aryl methyl sites for hydroxylation is 1. The van der Waals surface area contributed by atoms with E-state index in [1.165, 1.54) is 0 Å². The standard InChI is InChI=1S/C9H13N3O2/c1-3-6-4-7(12-10)11-8(5(6)2)9(13)14/h4H,3,10H2,1-2H3,(H,11,12)(H,13,14). The first-order valence-electron chi connectivity index (χ1n) is 4.30. The largest absolute Gasteiger partial charge is 0.477 e. The molecule has 14 heavy (non-hydrogen) atoms. The van der Waals surface area contributed by atoms with E-state index >= 15 is 0 Å². The third kappa shape index (κ3) is 1.82. The van der Waals surface area contributed by atoms with Gasteiger partial charge in [0.1, 0.15) is 5.82 Å². The molecule has 0 amide bonds. The number of nitrogens with one attached hydrogen (secondary N) is 1. The number of aromatic carboxylic acids is 1. The van der Waals surface area contributed by atoms with E-state index in [1.807, 2.05) is 6.92 Å². The number of pyridine rings is 1. The fourth-order valence-corrected chi connectivity index (χ4v) is 1.31. The first-order valence-corrected chi connectivity index (χ1v) is 4.30. The van der Waals surface area contributed by atoms with Crippen molar-refractivity contribution in [3.8, 4) is 0 Å². The van der Waals surface area contributed by atoms with Crippen LogP contribution in [0.25, 0.3) is 0 Å². The van der Waals surface area contributed by atoms with Gasteiger partial charge in [-0.25, -0.2) is 15.6 Å². The van der Waals surface area contributed by atoms with Crippen molar-refractivity contribution in [2.45, 2.75) is 20.3 Å². The van der Waals surface area contributed by atoms with Gasteiger partial charge in [-0.1, -0.05) is 6.92 Å². The maximum absolute atomic E-state index is 10.8. The van der Waals surface area contributed by atoms with Crippen molar-refractivity contribution in [2.24, 2.45) is 5.84 Å². The van der Waals surface area contributed by atoms with Crippen LogP contribution in [-0.2, 0) is 6.42 Å². The van der Waals surface area contributed by atoms with Crippen molar-refractivity contribution in [2.75, 3.05) is 5.43 Å². The number of carbonyl (C=O) groups is 1. The normalized spacial score (nSPS) is 9.93. The van der Waals surface area contributed by atoms with Crippen LogP contribution in [0.3, 0.4) is 0 Å². The maximum Gasteiger partial charge on any atom is 0.354 e. The zero-order valence-electron chi connectivity index (χ0n) is 8.16. The second-order valence-electron chi connectivity index (χ2n) is 2.94. The Bertz CT molecular complexity index is 363. The summed E-state index contributed by atoms with van der Waals surface area (Å²) in [6.07, 6.45) is 0.753. The lowest BCUT2D eigenvalue weighted by molar-refractivity contribution is 0.0689. The molecular weight excluding hydrogens is 182 g/mol. The van der Waals surface area contributed by atoms with Crippen molar-refractivity contribution in [3.63, 3.8) is 0 Å². The number of carboxylic acids is 1. The Labute approximate surface area is 81.9 Å². The molecule has 0 fully saturated rings. The van der Waals surface area contributed by atoms with Gasteiger partial charge in [-0.15, -0.1) is 0 Å². The van der Waals surface area contributed by atoms with E-state index in [0.717, 1.165) is 12.0 Å². The Kier molecular flexibility index (Phi) is 3.03. The van der Waals surface area contributed by atoms with Crippen LogP contribution in [0, 0.1) is 6.92 Å². The molecule has 0 radical (unpaired) electrons. The molecule has 0 spiro atoms. The van der Waals surface area contributed by atoms with Gasteiger partial charge in [-0.05, 0) is 30.5 Å². The van der Waals surface area contributed by atoms with Crippen LogP contribution >= 0.6 is 0 Å². The minimum absolute atomic E-state index is 0.0531. The lowest BCUT2D eigenvalue weighted by Crippen LogP contribution is -2.13. The summed E-state index contributed by atoms with van der Waals surface area (Å²) >= 11 is 0. The molecular formula is C9H13N3O2. The number of nitrogens with two attached hydrogens (primary N) is 1. The summed E-state index contributed by atoms with van der Waals surface area (Å²) in [5, 5.41) is 8.87. The summed E-state index contributed by atoms with van der Waals surface area (Å²) in [6.45, 7) is 3.70. The highest BCUT2D eigenvalue weighted by molar-refractivity contribution is 5.88. The summed E-state index contributed by atoms with van der Waals surface area (Å²) < 4.78 is 0. The Hall–Kier alpha value is -1.62. The number of hydrogen-bond acceptors (Lipinski definition) is 4. The number of carboxylic acid groups (broad SMARTS) is 1. The Morgan fingerprint density at radius 3 is 2.79 bits per heavy atom. The molecule has 0 aromatic carbocycles. The zero-order chi connectivity index (χ0) is 10.7. The molecule has 1 aromatic rings. The Morgan fingerprint density at radius 2 is 2.36 bits per heavy atom. The molecule has 0 saturated carbocycles. The third-order valence-corrected chi connectivity index (χ3v) is 2.11. The molecule has 0 aliphatic rings. The number of nitrogen functional groups attached to an aromatic ring is 1. The molecule has 0 atom stereocenters. The third-order valence-electron chi connectivity index (χ3n) is 2.11. The molecule has 76 valence electrons. The predicted molar refractivity (Wildman–Crippen MR) is 53.1 cm³/mol. The molecule has 1 rings (SSSR count). The molecule has 0 unspecified atom stereocenters. The summed E-state index contributed by atoms with van der Waals surface area (Å²) in [4.78, 5) is 14.7. The monoisotopic (exact) mass is 195 g/mol. The average molecular weight is 195 g/mol. The topological polar surface area (TPSA) is 88.2 Å². The first kappa shape index (κ1) is 10.5. The van der Waals surface area contributed by atoms with Crippen LogP contribution in [0.2, 0.25) is 0 Å². The van der Waals surface area contributed by atoms with Crippen molar-refractivity contribution in [3.05, 3.63) is 22.9 Å². The van der Waals surface area contributed by atoms with E-state index in [2.05, 4.69) is 10.4 Å². The molecule has 4 N–H and O–H groups in total. The number of anilines is 1. The highest BCUT2D eigenvalue weighted by atomic mass is 16.4. The number of aromatic nitrogens is 1. The fourth-order valence-electron chi connectivity index (χ4n) is 1.31. The second-order valence-corrected chi connectivity index (χ2v) is 2.94. The van der Waals surface area contributed by atoms with Gasteiger partial charge in [0.2, 0.25) is 0 Å². The average Bonchev–Trinajstić information content (AvgIpc) is 2.17. The minimum Gasteiger partial charge on any atom is -0.477 e. The summed E-state index contributed by atoms with van der Waals surface area (Å²) in [7, 11) is 0. The Morgan fingerprint density at radius 1 is 1.71 bits per heavy atom. The quantitative estimate of drug-likeness (QED) is 0.493. The fraction of sp³-hybridized carbons (Fsp3) is 0.333. The van der Waals surface area contributed by atoms with Crippen molar-refractivity contribution < 1.29 is 9.90 Å². The molecule has 1 aromatic heterocycles.